The van der Waals surface area contributed by atoms with Gasteiger partial charge in [-0.05, 0) is 0 Å². The number of nitriles is 2. The first kappa shape index (κ1) is 7.88. The summed E-state index contributed by atoms with van der Waals surface area (Å²) in [5.41, 5.74) is 1.63. The van der Waals surface area contributed by atoms with Gasteiger partial charge < -0.3 is 0 Å². The van der Waals surface area contributed by atoms with Crippen molar-refractivity contribution in [1.29, 1.82) is 10.5 Å². The van der Waals surface area contributed by atoms with E-state index in [4.69, 9.17) is 10.5 Å². The Morgan fingerprint density at radius 3 is 2.62 bits per heavy atom. The first-order chi connectivity index (χ1) is 6.36. The van der Waals surface area contributed by atoms with Crippen LogP contribution in [0.2, 0.25) is 0 Å². The van der Waals surface area contributed by atoms with Crippen LogP contribution in [0.3, 0.4) is 0 Å². The number of pyridine rings is 1. The molecule has 0 bridgehead atoms. The maximum atomic E-state index is 8.70. The molecule has 0 saturated heterocycles. The van der Waals surface area contributed by atoms with Gasteiger partial charge in [-0.25, -0.2) is 0 Å². The van der Waals surface area contributed by atoms with Crippen molar-refractivity contribution >= 4 is 26.0 Å². The molecule has 0 amide bonds. The Balaban J connectivity index is 2.93. The van der Waals surface area contributed by atoms with Crippen LogP contribution in [-0.4, -0.2) is 27.9 Å². The monoisotopic (exact) mass is 235 g/mol. The molecule has 2 heterocycles. The van der Waals surface area contributed by atoms with Gasteiger partial charge in [0.1, 0.15) is 0 Å². The summed E-state index contributed by atoms with van der Waals surface area (Å²) < 4.78 is 8.10. The molecular weight excluding hydrogens is 233 g/mol. The molecule has 0 saturated carbocycles. The fraction of sp³-hybridized carbons (Fsp3) is 0. The van der Waals surface area contributed by atoms with E-state index in [-0.39, 0.29) is 20.7 Å². The molecule has 0 N–H and O–H groups in total. The fourth-order valence-electron chi connectivity index (χ4n) is 0.936. The second-order valence-corrected chi connectivity index (χ2v) is 3.31. The van der Waals surface area contributed by atoms with E-state index in [9.17, 15) is 0 Å². The maximum absolute atomic E-state index is 8.70. The van der Waals surface area contributed by atoms with E-state index in [0.29, 0.717) is 16.6 Å². The summed E-state index contributed by atoms with van der Waals surface area (Å²) in [5, 5.41) is 17.4. The average molecular weight is 234 g/mol. The number of rotatable bonds is 0. The minimum atomic E-state index is -0.234. The Kier molecular flexibility index (Phi) is 1.79. The second kappa shape index (κ2) is 2.95. The summed E-state index contributed by atoms with van der Waals surface area (Å²) in [4.78, 5) is 3.81. The van der Waals surface area contributed by atoms with E-state index >= 15 is 0 Å². The third kappa shape index (κ3) is 1.09. The van der Waals surface area contributed by atoms with Crippen LogP contribution < -0.4 is 0 Å². The molecule has 13 heavy (non-hydrogen) atoms. The van der Waals surface area contributed by atoms with Gasteiger partial charge in [-0.3, -0.25) is 0 Å². The van der Waals surface area contributed by atoms with Gasteiger partial charge in [0.2, 0.25) is 0 Å². The van der Waals surface area contributed by atoms with Gasteiger partial charge in [0.15, 0.2) is 0 Å². The molecule has 2 aromatic heterocycles. The predicted molar refractivity (Wildman–Crippen MR) is 43.7 cm³/mol. The fourth-order valence-corrected chi connectivity index (χ4v) is 2.11. The minimum absolute atomic E-state index is 0.234. The van der Waals surface area contributed by atoms with Crippen LogP contribution in [0, 0.1) is 22.7 Å². The van der Waals surface area contributed by atoms with Crippen molar-refractivity contribution in [3.05, 3.63) is 17.5 Å². The standard InChI is InChI=1S/C7HN5Se/c8-1-4-3-10-5(2-9)7-6(4)11-13-12-7/h3H. The molecule has 0 atom stereocenters. The second-order valence-electron chi connectivity index (χ2n) is 2.21. The molecule has 0 aliphatic carbocycles. The van der Waals surface area contributed by atoms with Crippen LogP contribution in [0.25, 0.3) is 11.0 Å². The van der Waals surface area contributed by atoms with Crippen LogP contribution in [0.4, 0.5) is 0 Å². The first-order valence-corrected chi connectivity index (χ1v) is 4.81. The van der Waals surface area contributed by atoms with Gasteiger partial charge in [0.05, 0.1) is 0 Å². The van der Waals surface area contributed by atoms with Gasteiger partial charge in [0.25, 0.3) is 0 Å². The van der Waals surface area contributed by atoms with E-state index in [2.05, 4.69) is 12.9 Å². The summed E-state index contributed by atoms with van der Waals surface area (Å²) in [5.74, 6) is 0. The predicted octanol–water partition coefficient (Wildman–Crippen LogP) is -0.175. The molecule has 0 aliphatic rings. The van der Waals surface area contributed by atoms with Gasteiger partial charge in [-0.2, -0.15) is 0 Å². The summed E-state index contributed by atoms with van der Waals surface area (Å²) in [6.45, 7) is 0. The zero-order valence-corrected chi connectivity index (χ0v) is 7.93. The SMILES string of the molecule is N#Cc1cnc(C#N)c2n[se]nc12. The molecule has 0 fully saturated rings. The van der Waals surface area contributed by atoms with Crippen molar-refractivity contribution in [1.82, 2.24) is 12.9 Å². The van der Waals surface area contributed by atoms with E-state index in [1.54, 1.807) is 0 Å². The van der Waals surface area contributed by atoms with E-state index in [0.717, 1.165) is 0 Å². The third-order valence-electron chi connectivity index (χ3n) is 1.52. The van der Waals surface area contributed by atoms with Crippen molar-refractivity contribution < 1.29 is 0 Å². The Bertz CT molecular complexity index is 496. The number of fused-ring (bicyclic) bond motifs is 1. The topological polar surface area (TPSA) is 86.2 Å². The van der Waals surface area contributed by atoms with Gasteiger partial charge in [-0.15, -0.1) is 0 Å². The third-order valence-corrected chi connectivity index (χ3v) is 2.63. The summed E-state index contributed by atoms with van der Waals surface area (Å²) >= 11 is -0.234. The zero-order valence-electron chi connectivity index (χ0n) is 6.22. The normalized spacial score (nSPS) is 9.38. The quantitative estimate of drug-likeness (QED) is 0.590. The molecule has 0 unspecified atom stereocenters. The van der Waals surface area contributed by atoms with Gasteiger partial charge in [-0.1, -0.05) is 0 Å². The molecular formula is C7HN5Se. The molecule has 0 spiro atoms. The molecule has 0 aromatic carbocycles. The molecule has 2 aromatic rings. The van der Waals surface area contributed by atoms with Crippen molar-refractivity contribution in [3.63, 3.8) is 0 Å². The van der Waals surface area contributed by atoms with Crippen LogP contribution in [-0.2, 0) is 0 Å². The Labute approximate surface area is 79.5 Å². The summed E-state index contributed by atoms with van der Waals surface area (Å²) in [6.07, 6.45) is 1.36. The van der Waals surface area contributed by atoms with Crippen molar-refractivity contribution in [2.24, 2.45) is 0 Å². The summed E-state index contributed by atoms with van der Waals surface area (Å²) in [7, 11) is 0. The molecule has 60 valence electrons. The van der Waals surface area contributed by atoms with Crippen molar-refractivity contribution in [3.8, 4) is 12.1 Å². The average Bonchev–Trinajstić information content (AvgIpc) is 2.64. The molecule has 6 heteroatoms. The molecule has 0 radical (unpaired) electrons. The van der Waals surface area contributed by atoms with Crippen LogP contribution in [0.15, 0.2) is 6.20 Å². The first-order valence-electron chi connectivity index (χ1n) is 3.28. The molecule has 5 nitrogen and oxygen atoms in total. The number of aromatic nitrogens is 3. The molecule has 0 aliphatic heterocycles. The van der Waals surface area contributed by atoms with Crippen molar-refractivity contribution in [2.75, 3.05) is 0 Å². The number of hydrogen-bond acceptors (Lipinski definition) is 5. The van der Waals surface area contributed by atoms with Crippen LogP contribution >= 0.6 is 0 Å². The summed E-state index contributed by atoms with van der Waals surface area (Å²) in [6, 6.07) is 3.88. The number of nitrogens with zero attached hydrogens (tertiary/aromatic N) is 5. The Hall–Kier alpha value is -1.75. The van der Waals surface area contributed by atoms with E-state index in [1.165, 1.54) is 6.20 Å². The van der Waals surface area contributed by atoms with Gasteiger partial charge in [0, 0.05) is 0 Å². The van der Waals surface area contributed by atoms with Crippen LogP contribution in [0.5, 0.6) is 0 Å². The van der Waals surface area contributed by atoms with E-state index < -0.39 is 0 Å². The Morgan fingerprint density at radius 1 is 1.15 bits per heavy atom. The van der Waals surface area contributed by atoms with E-state index in [1.807, 2.05) is 12.1 Å². The molecule has 2 rings (SSSR count). The Morgan fingerprint density at radius 2 is 1.92 bits per heavy atom. The van der Waals surface area contributed by atoms with Crippen LogP contribution in [0.1, 0.15) is 11.3 Å². The van der Waals surface area contributed by atoms with Gasteiger partial charge >= 0.3 is 79.1 Å². The number of hydrogen-bond donors (Lipinski definition) is 0. The zero-order chi connectivity index (χ0) is 9.26. The van der Waals surface area contributed by atoms with Crippen molar-refractivity contribution in [2.45, 2.75) is 0 Å².